The highest BCUT2D eigenvalue weighted by molar-refractivity contribution is 7.89. The fourth-order valence-electron chi connectivity index (χ4n) is 1.94. The lowest BCUT2D eigenvalue weighted by Crippen LogP contribution is -2.34. The number of halogens is 1. The van der Waals surface area contributed by atoms with Gasteiger partial charge in [-0.05, 0) is 44.9 Å². The number of carboxylic acid groups (broad SMARTS) is 1. The molecule has 6 nitrogen and oxygen atoms in total. The standard InChI is InChI=1S/C13H18FNO5S/c1-7-4-10(6-11(12(7)14)13(17)18)21(19,20)15-8(2)5-9(3)16/h4,6,8-9,15-16H,5H2,1-3H3,(H,17,18). The summed E-state index contributed by atoms with van der Waals surface area (Å²) < 4.78 is 40.2. The summed E-state index contributed by atoms with van der Waals surface area (Å²) in [6, 6.07) is 1.30. The van der Waals surface area contributed by atoms with E-state index in [0.717, 1.165) is 12.1 Å². The van der Waals surface area contributed by atoms with Crippen LogP contribution < -0.4 is 4.72 Å². The molecule has 0 radical (unpaired) electrons. The van der Waals surface area contributed by atoms with Gasteiger partial charge in [0.15, 0.2) is 0 Å². The number of aromatic carboxylic acids is 1. The molecule has 0 aliphatic heterocycles. The molecule has 0 bridgehead atoms. The van der Waals surface area contributed by atoms with Crippen molar-refractivity contribution in [3.8, 4) is 0 Å². The van der Waals surface area contributed by atoms with Gasteiger partial charge in [0.25, 0.3) is 0 Å². The third-order valence-electron chi connectivity index (χ3n) is 2.82. The van der Waals surface area contributed by atoms with E-state index in [1.165, 1.54) is 13.8 Å². The first-order valence-electron chi connectivity index (χ1n) is 6.28. The summed E-state index contributed by atoms with van der Waals surface area (Å²) in [4.78, 5) is 10.6. The molecular formula is C13H18FNO5S. The lowest BCUT2D eigenvalue weighted by atomic mass is 10.1. The number of benzene rings is 1. The van der Waals surface area contributed by atoms with Crippen LogP contribution in [0.25, 0.3) is 0 Å². The SMILES string of the molecule is Cc1cc(S(=O)(=O)NC(C)CC(C)O)cc(C(=O)O)c1F. The molecule has 2 unspecified atom stereocenters. The molecule has 0 heterocycles. The van der Waals surface area contributed by atoms with Crippen molar-refractivity contribution >= 4 is 16.0 Å². The Morgan fingerprint density at radius 2 is 1.95 bits per heavy atom. The van der Waals surface area contributed by atoms with Gasteiger partial charge in [0.05, 0.1) is 16.6 Å². The van der Waals surface area contributed by atoms with E-state index in [1.54, 1.807) is 6.92 Å². The van der Waals surface area contributed by atoms with Crippen molar-refractivity contribution in [2.45, 2.75) is 44.2 Å². The van der Waals surface area contributed by atoms with E-state index in [-0.39, 0.29) is 16.9 Å². The average molecular weight is 319 g/mol. The van der Waals surface area contributed by atoms with Crippen LogP contribution in [0.3, 0.4) is 0 Å². The molecule has 21 heavy (non-hydrogen) atoms. The smallest absolute Gasteiger partial charge is 0.338 e. The molecule has 1 rings (SSSR count). The van der Waals surface area contributed by atoms with Crippen molar-refractivity contribution in [2.75, 3.05) is 0 Å². The van der Waals surface area contributed by atoms with Crippen molar-refractivity contribution < 1.29 is 27.8 Å². The van der Waals surface area contributed by atoms with E-state index in [1.807, 2.05) is 0 Å². The second-order valence-corrected chi connectivity index (χ2v) is 6.73. The first-order chi connectivity index (χ1) is 9.54. The zero-order valence-electron chi connectivity index (χ0n) is 11.9. The number of rotatable bonds is 6. The van der Waals surface area contributed by atoms with E-state index >= 15 is 0 Å². The minimum atomic E-state index is -3.99. The molecule has 0 saturated carbocycles. The first-order valence-corrected chi connectivity index (χ1v) is 7.76. The van der Waals surface area contributed by atoms with E-state index in [4.69, 9.17) is 5.11 Å². The average Bonchev–Trinajstić information content (AvgIpc) is 2.29. The predicted octanol–water partition coefficient (Wildman–Crippen LogP) is 1.27. The topological polar surface area (TPSA) is 104 Å². The molecule has 0 aliphatic carbocycles. The minimum Gasteiger partial charge on any atom is -0.478 e. The molecule has 0 aliphatic rings. The van der Waals surface area contributed by atoms with Gasteiger partial charge in [-0.15, -0.1) is 0 Å². The Balaban J connectivity index is 3.17. The van der Waals surface area contributed by atoms with Gasteiger partial charge in [0.1, 0.15) is 5.82 Å². The number of aliphatic hydroxyl groups is 1. The molecule has 0 amide bonds. The largest absolute Gasteiger partial charge is 0.478 e. The van der Waals surface area contributed by atoms with Gasteiger partial charge in [0, 0.05) is 6.04 Å². The van der Waals surface area contributed by atoms with Gasteiger partial charge >= 0.3 is 5.97 Å². The number of aryl methyl sites for hydroxylation is 1. The van der Waals surface area contributed by atoms with Gasteiger partial charge < -0.3 is 10.2 Å². The Kier molecular flexibility index (Phi) is 5.43. The Labute approximate surface area is 122 Å². The Hall–Kier alpha value is -1.51. The van der Waals surface area contributed by atoms with Crippen LogP contribution >= 0.6 is 0 Å². The highest BCUT2D eigenvalue weighted by atomic mass is 32.2. The number of nitrogens with one attached hydrogen (secondary N) is 1. The summed E-state index contributed by atoms with van der Waals surface area (Å²) >= 11 is 0. The van der Waals surface area contributed by atoms with Crippen molar-refractivity contribution in [1.29, 1.82) is 0 Å². The summed E-state index contributed by atoms with van der Waals surface area (Å²) in [5, 5.41) is 18.1. The maximum Gasteiger partial charge on any atom is 0.338 e. The number of hydrogen-bond acceptors (Lipinski definition) is 4. The van der Waals surface area contributed by atoms with Crippen molar-refractivity contribution in [3.05, 3.63) is 29.1 Å². The van der Waals surface area contributed by atoms with Crippen LogP contribution in [0.15, 0.2) is 17.0 Å². The van der Waals surface area contributed by atoms with E-state index < -0.39 is 39.5 Å². The van der Waals surface area contributed by atoms with Crippen LogP contribution in [0.2, 0.25) is 0 Å². The lowest BCUT2D eigenvalue weighted by molar-refractivity contribution is 0.0691. The lowest BCUT2D eigenvalue weighted by Gasteiger charge is -2.16. The van der Waals surface area contributed by atoms with Crippen molar-refractivity contribution in [3.63, 3.8) is 0 Å². The van der Waals surface area contributed by atoms with Gasteiger partial charge in [-0.25, -0.2) is 22.3 Å². The Bertz CT molecular complexity index is 642. The van der Waals surface area contributed by atoms with Crippen LogP contribution in [0, 0.1) is 12.7 Å². The fraction of sp³-hybridized carbons (Fsp3) is 0.462. The van der Waals surface area contributed by atoms with Crippen LogP contribution in [0.4, 0.5) is 4.39 Å². The summed E-state index contributed by atoms with van der Waals surface area (Å²) in [5.74, 6) is -2.50. The maximum absolute atomic E-state index is 13.6. The zero-order valence-corrected chi connectivity index (χ0v) is 12.7. The van der Waals surface area contributed by atoms with Crippen molar-refractivity contribution in [1.82, 2.24) is 4.72 Å². The van der Waals surface area contributed by atoms with Gasteiger partial charge in [-0.3, -0.25) is 0 Å². The highest BCUT2D eigenvalue weighted by Crippen LogP contribution is 2.20. The molecule has 1 aromatic carbocycles. The molecule has 0 aromatic heterocycles. The van der Waals surface area contributed by atoms with Gasteiger partial charge in [0.2, 0.25) is 10.0 Å². The Morgan fingerprint density at radius 1 is 1.38 bits per heavy atom. The number of sulfonamides is 1. The third-order valence-corrected chi connectivity index (χ3v) is 4.39. The molecule has 0 saturated heterocycles. The molecule has 3 N–H and O–H groups in total. The van der Waals surface area contributed by atoms with Crippen LogP contribution in [0.1, 0.15) is 36.2 Å². The molecule has 0 fully saturated rings. The van der Waals surface area contributed by atoms with Crippen molar-refractivity contribution in [2.24, 2.45) is 0 Å². The number of hydrogen-bond donors (Lipinski definition) is 3. The molecular weight excluding hydrogens is 301 g/mol. The molecule has 1 aromatic rings. The number of aliphatic hydroxyl groups excluding tert-OH is 1. The second-order valence-electron chi connectivity index (χ2n) is 5.01. The quantitative estimate of drug-likeness (QED) is 0.732. The molecule has 2 atom stereocenters. The minimum absolute atomic E-state index is 0.0709. The number of carboxylic acids is 1. The molecule has 118 valence electrons. The molecule has 8 heteroatoms. The first kappa shape index (κ1) is 17.5. The third kappa shape index (κ3) is 4.48. The highest BCUT2D eigenvalue weighted by Gasteiger charge is 2.23. The van der Waals surface area contributed by atoms with E-state index in [9.17, 15) is 22.7 Å². The summed E-state index contributed by atoms with van der Waals surface area (Å²) in [5.41, 5.74) is -0.767. The monoisotopic (exact) mass is 319 g/mol. The summed E-state index contributed by atoms with van der Waals surface area (Å²) in [6.07, 6.45) is -0.488. The summed E-state index contributed by atoms with van der Waals surface area (Å²) in [6.45, 7) is 4.38. The zero-order chi connectivity index (χ0) is 16.4. The van der Waals surface area contributed by atoms with Gasteiger partial charge in [-0.2, -0.15) is 0 Å². The van der Waals surface area contributed by atoms with Gasteiger partial charge in [-0.1, -0.05) is 0 Å². The molecule has 0 spiro atoms. The second kappa shape index (κ2) is 6.50. The number of carbonyl (C=O) groups is 1. The Morgan fingerprint density at radius 3 is 2.43 bits per heavy atom. The van der Waals surface area contributed by atoms with E-state index in [0.29, 0.717) is 0 Å². The summed E-state index contributed by atoms with van der Waals surface area (Å²) in [7, 11) is -3.99. The normalized spacial score (nSPS) is 14.7. The predicted molar refractivity (Wildman–Crippen MR) is 74.2 cm³/mol. The van der Waals surface area contributed by atoms with Crippen LogP contribution in [0.5, 0.6) is 0 Å². The maximum atomic E-state index is 13.6. The van der Waals surface area contributed by atoms with Crippen LogP contribution in [-0.2, 0) is 10.0 Å². The van der Waals surface area contributed by atoms with E-state index in [2.05, 4.69) is 4.72 Å². The fourth-order valence-corrected chi connectivity index (χ4v) is 3.31. The van der Waals surface area contributed by atoms with Crippen LogP contribution in [-0.4, -0.2) is 36.7 Å².